The number of benzene rings is 2. The maximum atomic E-state index is 12.9. The summed E-state index contributed by atoms with van der Waals surface area (Å²) in [6.07, 6.45) is 0.390. The van der Waals surface area contributed by atoms with E-state index < -0.39 is 6.04 Å². The zero-order valence-electron chi connectivity index (χ0n) is 17.6. The van der Waals surface area contributed by atoms with Crippen molar-refractivity contribution in [2.24, 2.45) is 0 Å². The number of Topliss-reactive ketones (excluding diaryl/α,β-unsaturated/α-hetero) is 1. The summed E-state index contributed by atoms with van der Waals surface area (Å²) in [4.78, 5) is 37.0. The number of nitrogens with zero attached hydrogens (tertiary/aromatic N) is 2. The second kappa shape index (κ2) is 8.86. The van der Waals surface area contributed by atoms with Crippen molar-refractivity contribution in [3.63, 3.8) is 0 Å². The van der Waals surface area contributed by atoms with E-state index in [0.29, 0.717) is 23.4 Å². The molecule has 1 unspecified atom stereocenters. The minimum atomic E-state index is -0.773. The highest BCUT2D eigenvalue weighted by molar-refractivity contribution is 5.98. The molecule has 1 amide bonds. The molecule has 3 rings (SSSR count). The number of carbonyl (C=O) groups excluding carboxylic acids is 2. The lowest BCUT2D eigenvalue weighted by molar-refractivity contribution is -0.119. The Morgan fingerprint density at radius 2 is 1.80 bits per heavy atom. The molecule has 0 saturated heterocycles. The van der Waals surface area contributed by atoms with Gasteiger partial charge in [-0.1, -0.05) is 31.2 Å². The van der Waals surface area contributed by atoms with Gasteiger partial charge in [-0.3, -0.25) is 14.4 Å². The van der Waals surface area contributed by atoms with Gasteiger partial charge in [-0.2, -0.15) is 5.10 Å². The maximum Gasteiger partial charge on any atom is 0.267 e. The van der Waals surface area contributed by atoms with Gasteiger partial charge in [0.15, 0.2) is 5.78 Å². The molecule has 0 fully saturated rings. The molecule has 2 aromatic carbocycles. The summed E-state index contributed by atoms with van der Waals surface area (Å²) in [5.74, 6) is -0.442. The Labute approximate surface area is 175 Å². The van der Waals surface area contributed by atoms with Gasteiger partial charge in [-0.15, -0.1) is 0 Å². The molecule has 0 saturated carbocycles. The van der Waals surface area contributed by atoms with Crippen LogP contribution < -0.4 is 10.9 Å². The molecule has 0 aliphatic heterocycles. The number of hydrogen-bond acceptors (Lipinski definition) is 4. The number of carbonyl (C=O) groups is 2. The molecule has 30 heavy (non-hydrogen) atoms. The summed E-state index contributed by atoms with van der Waals surface area (Å²) in [6, 6.07) is 15.0. The zero-order valence-corrected chi connectivity index (χ0v) is 17.6. The number of aryl methyl sites for hydroxylation is 2. The Morgan fingerprint density at radius 1 is 1.03 bits per heavy atom. The highest BCUT2D eigenvalue weighted by atomic mass is 16.2. The lowest BCUT2D eigenvalue weighted by atomic mass is 10.0. The van der Waals surface area contributed by atoms with Crippen molar-refractivity contribution in [1.82, 2.24) is 9.78 Å². The predicted molar refractivity (Wildman–Crippen MR) is 118 cm³/mol. The molecule has 1 aromatic heterocycles. The highest BCUT2D eigenvalue weighted by Gasteiger charge is 2.22. The first-order chi connectivity index (χ1) is 14.3. The van der Waals surface area contributed by atoms with Crippen LogP contribution in [0.15, 0.2) is 59.4 Å². The van der Waals surface area contributed by atoms with Crippen LogP contribution in [0, 0.1) is 13.8 Å². The van der Waals surface area contributed by atoms with E-state index in [-0.39, 0.29) is 17.2 Å². The quantitative estimate of drug-likeness (QED) is 0.622. The molecule has 6 nitrogen and oxygen atoms in total. The van der Waals surface area contributed by atoms with Crippen molar-refractivity contribution in [1.29, 1.82) is 0 Å². The average Bonchev–Trinajstić information content (AvgIpc) is 2.72. The fraction of sp³-hybridized carbons (Fsp3) is 0.250. The van der Waals surface area contributed by atoms with Crippen LogP contribution in [0.2, 0.25) is 0 Å². The van der Waals surface area contributed by atoms with Gasteiger partial charge in [0, 0.05) is 22.9 Å². The number of hydrogen-bond donors (Lipinski definition) is 1. The summed E-state index contributed by atoms with van der Waals surface area (Å²) in [5.41, 5.74) is 4.48. The van der Waals surface area contributed by atoms with Crippen molar-refractivity contribution >= 4 is 17.4 Å². The van der Waals surface area contributed by atoms with Crippen LogP contribution in [0.4, 0.5) is 5.69 Å². The molecule has 0 aliphatic carbocycles. The van der Waals surface area contributed by atoms with E-state index in [1.54, 1.807) is 30.3 Å². The summed E-state index contributed by atoms with van der Waals surface area (Å²) >= 11 is 0. The standard InChI is InChI=1S/C24H25N3O3/c1-5-22(24(30)25-20-8-6-7-18(14-20)17(4)28)27-23(29)12-11-21(26-27)19-10-9-15(2)16(3)13-19/h6-14,22H,5H2,1-4H3,(H,25,30). The lowest BCUT2D eigenvalue weighted by Crippen LogP contribution is -2.34. The van der Waals surface area contributed by atoms with Crippen LogP contribution in [0.5, 0.6) is 0 Å². The van der Waals surface area contributed by atoms with E-state index in [9.17, 15) is 14.4 Å². The Bertz CT molecular complexity index is 1160. The first-order valence-electron chi connectivity index (χ1n) is 9.89. The first-order valence-corrected chi connectivity index (χ1v) is 9.89. The van der Waals surface area contributed by atoms with Crippen molar-refractivity contribution in [2.75, 3.05) is 5.32 Å². The maximum absolute atomic E-state index is 12.9. The minimum Gasteiger partial charge on any atom is -0.324 e. The van der Waals surface area contributed by atoms with Crippen LogP contribution in [0.25, 0.3) is 11.3 Å². The van der Waals surface area contributed by atoms with Crippen molar-refractivity contribution in [3.05, 3.63) is 81.6 Å². The second-order valence-electron chi connectivity index (χ2n) is 7.35. The van der Waals surface area contributed by atoms with E-state index in [4.69, 9.17) is 0 Å². The Morgan fingerprint density at radius 3 is 2.47 bits per heavy atom. The van der Waals surface area contributed by atoms with Crippen molar-refractivity contribution in [2.45, 2.75) is 40.2 Å². The van der Waals surface area contributed by atoms with Crippen LogP contribution in [-0.2, 0) is 4.79 Å². The van der Waals surface area contributed by atoms with Gasteiger partial charge in [0.1, 0.15) is 6.04 Å². The van der Waals surface area contributed by atoms with Crippen molar-refractivity contribution < 1.29 is 9.59 Å². The predicted octanol–water partition coefficient (Wildman–Crippen LogP) is 4.32. The van der Waals surface area contributed by atoms with Crippen molar-refractivity contribution in [3.8, 4) is 11.3 Å². The number of aromatic nitrogens is 2. The first kappa shape index (κ1) is 21.2. The fourth-order valence-electron chi connectivity index (χ4n) is 3.21. The molecular weight excluding hydrogens is 378 g/mol. The largest absolute Gasteiger partial charge is 0.324 e. The summed E-state index contributed by atoms with van der Waals surface area (Å²) in [6.45, 7) is 7.35. The second-order valence-corrected chi connectivity index (χ2v) is 7.35. The van der Waals surface area contributed by atoms with Crippen LogP contribution in [-0.4, -0.2) is 21.5 Å². The summed E-state index contributed by atoms with van der Waals surface area (Å²) in [5, 5.41) is 7.28. The van der Waals surface area contributed by atoms with E-state index in [1.807, 2.05) is 39.0 Å². The van der Waals surface area contributed by atoms with Crippen LogP contribution >= 0.6 is 0 Å². The monoisotopic (exact) mass is 403 g/mol. The number of ketones is 1. The molecule has 1 N–H and O–H groups in total. The molecule has 1 heterocycles. The SMILES string of the molecule is CCC(C(=O)Nc1cccc(C(C)=O)c1)n1nc(-c2ccc(C)c(C)c2)ccc1=O. The van der Waals surface area contributed by atoms with E-state index in [0.717, 1.165) is 11.1 Å². The summed E-state index contributed by atoms with van der Waals surface area (Å²) < 4.78 is 1.23. The number of nitrogens with one attached hydrogen (secondary N) is 1. The number of rotatable bonds is 6. The molecule has 0 aliphatic rings. The van der Waals surface area contributed by atoms with Gasteiger partial charge < -0.3 is 5.32 Å². The third kappa shape index (κ3) is 4.54. The van der Waals surface area contributed by atoms with Gasteiger partial charge in [0.2, 0.25) is 5.91 Å². The van der Waals surface area contributed by atoms with Gasteiger partial charge >= 0.3 is 0 Å². The molecule has 0 spiro atoms. The number of amides is 1. The molecule has 0 bridgehead atoms. The van der Waals surface area contributed by atoms with Gasteiger partial charge in [-0.25, -0.2) is 4.68 Å². The van der Waals surface area contributed by atoms with Crippen LogP contribution in [0.1, 0.15) is 47.8 Å². The van der Waals surface area contributed by atoms with Gasteiger partial charge in [0.05, 0.1) is 5.69 Å². The molecular formula is C24H25N3O3. The van der Waals surface area contributed by atoms with Crippen LogP contribution in [0.3, 0.4) is 0 Å². The molecule has 1 atom stereocenters. The minimum absolute atomic E-state index is 0.0860. The molecule has 6 heteroatoms. The van der Waals surface area contributed by atoms with Gasteiger partial charge in [-0.05, 0) is 62.6 Å². The zero-order chi connectivity index (χ0) is 21.8. The Balaban J connectivity index is 1.93. The number of anilines is 1. The molecule has 154 valence electrons. The Kier molecular flexibility index (Phi) is 6.26. The van der Waals surface area contributed by atoms with E-state index in [2.05, 4.69) is 10.4 Å². The molecule has 3 aromatic rings. The third-order valence-corrected chi connectivity index (χ3v) is 5.15. The Hall–Kier alpha value is -3.54. The van der Waals surface area contributed by atoms with Gasteiger partial charge in [0.25, 0.3) is 5.56 Å². The third-order valence-electron chi connectivity index (χ3n) is 5.15. The topological polar surface area (TPSA) is 81.1 Å². The lowest BCUT2D eigenvalue weighted by Gasteiger charge is -2.18. The summed E-state index contributed by atoms with van der Waals surface area (Å²) in [7, 11) is 0. The highest BCUT2D eigenvalue weighted by Crippen LogP contribution is 2.21. The fourth-order valence-corrected chi connectivity index (χ4v) is 3.21. The van der Waals surface area contributed by atoms with E-state index in [1.165, 1.54) is 23.2 Å². The molecule has 0 radical (unpaired) electrons. The smallest absolute Gasteiger partial charge is 0.267 e. The average molecular weight is 403 g/mol. The van der Waals surface area contributed by atoms with E-state index >= 15 is 0 Å². The normalized spacial score (nSPS) is 11.7.